The molecule has 0 spiro atoms. The van der Waals surface area contributed by atoms with Crippen molar-refractivity contribution in [2.24, 2.45) is 0 Å². The molecule has 5 rings (SSSR count). The van der Waals surface area contributed by atoms with Gasteiger partial charge in [-0.2, -0.15) is 0 Å². The van der Waals surface area contributed by atoms with Gasteiger partial charge in [-0.1, -0.05) is 67.8 Å². The van der Waals surface area contributed by atoms with Crippen molar-refractivity contribution in [3.8, 4) is 5.75 Å². The highest BCUT2D eigenvalue weighted by molar-refractivity contribution is 5.97. The van der Waals surface area contributed by atoms with Crippen molar-refractivity contribution in [1.29, 1.82) is 0 Å². The van der Waals surface area contributed by atoms with Crippen molar-refractivity contribution >= 4 is 23.2 Å². The zero-order chi connectivity index (χ0) is 27.3. The fraction of sp³-hybridized carbons (Fsp3) is 0.394. The Morgan fingerprint density at radius 2 is 1.56 bits per heavy atom. The molecule has 0 radical (unpaired) electrons. The number of carbonyl (C=O) groups is 2. The lowest BCUT2D eigenvalue weighted by Gasteiger charge is -2.34. The van der Waals surface area contributed by atoms with E-state index in [0.29, 0.717) is 23.4 Å². The van der Waals surface area contributed by atoms with E-state index >= 15 is 0 Å². The van der Waals surface area contributed by atoms with E-state index in [0.717, 1.165) is 62.1 Å². The van der Waals surface area contributed by atoms with Crippen molar-refractivity contribution in [2.75, 3.05) is 26.0 Å². The van der Waals surface area contributed by atoms with Crippen LogP contribution in [0.25, 0.3) is 0 Å². The topological polar surface area (TPSA) is 67.4 Å². The molecule has 1 fully saturated rings. The highest BCUT2D eigenvalue weighted by atomic mass is 16.5. The van der Waals surface area contributed by atoms with E-state index in [1.165, 1.54) is 11.3 Å². The number of nitrogens with zero attached hydrogens (tertiary/aromatic N) is 1. The van der Waals surface area contributed by atoms with E-state index in [-0.39, 0.29) is 17.4 Å². The molecule has 6 nitrogen and oxygen atoms in total. The number of likely N-dealkylation sites (N-methyl/N-ethyl adjacent to an activating group) is 1. The van der Waals surface area contributed by atoms with Gasteiger partial charge in [0.25, 0.3) is 5.91 Å². The quantitative estimate of drug-likeness (QED) is 0.207. The summed E-state index contributed by atoms with van der Waals surface area (Å²) in [5.74, 6) is 1.36. The van der Waals surface area contributed by atoms with Gasteiger partial charge in [-0.15, -0.1) is 0 Å². The van der Waals surface area contributed by atoms with Gasteiger partial charge in [-0.05, 0) is 48.7 Å². The lowest BCUT2D eigenvalue weighted by molar-refractivity contribution is -0.126. The molecule has 2 atom stereocenters. The number of benzene rings is 3. The van der Waals surface area contributed by atoms with Crippen LogP contribution in [0.4, 0.5) is 11.4 Å². The van der Waals surface area contributed by atoms with E-state index < -0.39 is 0 Å². The van der Waals surface area contributed by atoms with Gasteiger partial charge in [-0.3, -0.25) is 14.1 Å². The van der Waals surface area contributed by atoms with Crippen LogP contribution in [0.2, 0.25) is 0 Å². The van der Waals surface area contributed by atoms with Gasteiger partial charge < -0.3 is 15.4 Å². The summed E-state index contributed by atoms with van der Waals surface area (Å²) in [6.45, 7) is 1.24. The average molecular weight is 527 g/mol. The summed E-state index contributed by atoms with van der Waals surface area (Å²) >= 11 is 0. The fourth-order valence-electron chi connectivity index (χ4n) is 6.14. The largest absolute Gasteiger partial charge is 0.489 e. The van der Waals surface area contributed by atoms with Gasteiger partial charge in [0, 0.05) is 30.6 Å². The van der Waals surface area contributed by atoms with Crippen LogP contribution < -0.4 is 19.9 Å². The van der Waals surface area contributed by atoms with Crippen LogP contribution in [0.3, 0.4) is 0 Å². The molecule has 1 heterocycles. The second kappa shape index (κ2) is 11.6. The SMILES string of the molecule is C[N+]1(C)c2ccccc2C2CC21C(=O)NCCCCCCCC(=O)Nc1ccc(OCc2ccccc2)cc1. The smallest absolute Gasteiger partial charge is 0.282 e. The minimum Gasteiger partial charge on any atom is -0.489 e. The Morgan fingerprint density at radius 1 is 0.872 bits per heavy atom. The molecule has 6 heteroatoms. The lowest BCUT2D eigenvalue weighted by Crippen LogP contribution is -2.58. The number of anilines is 1. The number of nitrogens with one attached hydrogen (secondary N) is 2. The molecule has 1 aliphatic heterocycles. The lowest BCUT2D eigenvalue weighted by atomic mass is 10.1. The minimum absolute atomic E-state index is 0.0387. The van der Waals surface area contributed by atoms with Crippen molar-refractivity contribution in [1.82, 2.24) is 9.80 Å². The Bertz CT molecular complexity index is 1290. The predicted molar refractivity (Wildman–Crippen MR) is 157 cm³/mol. The number of unbranched alkanes of at least 4 members (excludes halogenated alkanes) is 4. The maximum atomic E-state index is 13.2. The Morgan fingerprint density at radius 3 is 2.33 bits per heavy atom. The molecule has 0 bridgehead atoms. The number of hydrogen-bond donors (Lipinski definition) is 2. The van der Waals surface area contributed by atoms with Crippen LogP contribution in [0.5, 0.6) is 5.75 Å². The maximum Gasteiger partial charge on any atom is 0.282 e. The Hall–Kier alpha value is -3.64. The van der Waals surface area contributed by atoms with Gasteiger partial charge >= 0.3 is 0 Å². The number of hydrogen-bond acceptors (Lipinski definition) is 3. The Labute approximate surface area is 232 Å². The second-order valence-corrected chi connectivity index (χ2v) is 11.3. The number of fused-ring (bicyclic) bond motifs is 3. The predicted octanol–water partition coefficient (Wildman–Crippen LogP) is 6.17. The van der Waals surface area contributed by atoms with Crippen LogP contribution in [0.15, 0.2) is 78.9 Å². The van der Waals surface area contributed by atoms with Crippen molar-refractivity contribution in [2.45, 2.75) is 63.0 Å². The summed E-state index contributed by atoms with van der Waals surface area (Å²) in [4.78, 5) is 25.5. The monoisotopic (exact) mass is 526 g/mol. The minimum atomic E-state index is -0.327. The first-order valence-electron chi connectivity index (χ1n) is 14.2. The number of amides is 2. The van der Waals surface area contributed by atoms with Gasteiger partial charge in [0.2, 0.25) is 5.91 Å². The molecule has 39 heavy (non-hydrogen) atoms. The summed E-state index contributed by atoms with van der Waals surface area (Å²) in [6, 6.07) is 26.0. The number of ether oxygens (including phenoxy) is 1. The summed E-state index contributed by atoms with van der Waals surface area (Å²) in [5.41, 5.74) is 4.19. The zero-order valence-electron chi connectivity index (χ0n) is 23.1. The summed E-state index contributed by atoms with van der Waals surface area (Å²) in [7, 11) is 4.33. The van der Waals surface area contributed by atoms with Crippen LogP contribution in [-0.4, -0.2) is 38.0 Å². The van der Waals surface area contributed by atoms with Gasteiger partial charge in [0.1, 0.15) is 18.0 Å². The van der Waals surface area contributed by atoms with Crippen molar-refractivity contribution < 1.29 is 14.3 Å². The number of carbonyl (C=O) groups excluding carboxylic acids is 2. The van der Waals surface area contributed by atoms with E-state index in [1.54, 1.807) is 0 Å². The first-order valence-corrected chi connectivity index (χ1v) is 14.2. The Balaban J connectivity index is 0.927. The molecule has 3 aromatic carbocycles. The van der Waals surface area contributed by atoms with Crippen molar-refractivity contribution in [3.63, 3.8) is 0 Å². The van der Waals surface area contributed by atoms with Crippen LogP contribution in [0, 0.1) is 0 Å². The maximum absolute atomic E-state index is 13.2. The van der Waals surface area contributed by atoms with Gasteiger partial charge in [0.15, 0.2) is 5.54 Å². The molecule has 3 aromatic rings. The third kappa shape index (κ3) is 5.71. The van der Waals surface area contributed by atoms with Crippen LogP contribution >= 0.6 is 0 Å². The van der Waals surface area contributed by atoms with E-state index in [9.17, 15) is 9.59 Å². The molecule has 2 aliphatic rings. The Kier molecular flexibility index (Phi) is 8.03. The molecule has 0 saturated heterocycles. The first kappa shape index (κ1) is 26.9. The molecule has 2 amide bonds. The summed E-state index contributed by atoms with van der Waals surface area (Å²) in [6.07, 6.45) is 6.43. The summed E-state index contributed by atoms with van der Waals surface area (Å²) < 4.78 is 6.45. The highest BCUT2D eigenvalue weighted by Crippen LogP contribution is 2.66. The molecule has 204 valence electrons. The molecule has 2 N–H and O–H groups in total. The van der Waals surface area contributed by atoms with Gasteiger partial charge in [-0.25, -0.2) is 0 Å². The van der Waals surface area contributed by atoms with Crippen LogP contribution in [0.1, 0.15) is 62.0 Å². The third-order valence-corrected chi connectivity index (χ3v) is 8.49. The van der Waals surface area contributed by atoms with E-state index in [1.807, 2.05) is 54.6 Å². The van der Waals surface area contributed by atoms with E-state index in [2.05, 4.69) is 49.0 Å². The molecular formula is C33H40N3O3+. The number of quaternary nitrogens is 1. The third-order valence-electron chi connectivity index (χ3n) is 8.49. The fourth-order valence-corrected chi connectivity index (χ4v) is 6.14. The molecule has 0 aromatic heterocycles. The number of para-hydroxylation sites is 1. The molecular weight excluding hydrogens is 486 g/mol. The average Bonchev–Trinajstić information content (AvgIpc) is 3.69. The van der Waals surface area contributed by atoms with Gasteiger partial charge in [0.05, 0.1) is 20.0 Å². The highest BCUT2D eigenvalue weighted by Gasteiger charge is 2.77. The first-order chi connectivity index (χ1) is 18.9. The number of rotatable bonds is 13. The van der Waals surface area contributed by atoms with Crippen molar-refractivity contribution in [3.05, 3.63) is 90.0 Å². The normalized spacial score (nSPS) is 20.0. The second-order valence-electron chi connectivity index (χ2n) is 11.3. The van der Waals surface area contributed by atoms with Crippen LogP contribution in [-0.2, 0) is 16.2 Å². The zero-order valence-corrected chi connectivity index (χ0v) is 23.1. The standard InChI is InChI=1S/C33H39N3O3/c1-36(2)30-16-11-10-15-28(30)29-23-33(29,36)32(38)34-22-12-5-3-4-9-17-31(37)35-26-18-20-27(21-19-26)39-24-25-13-7-6-8-14-25/h6-8,10-11,13-16,18-21,29H,3-5,9,12,17,22-24H2,1-2H3,(H-,34,35,37,38)/p+1. The molecule has 2 unspecified atom stereocenters. The van der Waals surface area contributed by atoms with E-state index in [4.69, 9.17) is 4.74 Å². The summed E-state index contributed by atoms with van der Waals surface area (Å²) in [5, 5.41) is 6.20. The molecule has 1 aliphatic carbocycles. The molecule has 1 saturated carbocycles.